The molecule has 4 aromatic rings. The third kappa shape index (κ3) is 3.18. The average molecular weight is 455 g/mol. The SMILES string of the molecule is O=C1c2ccccc2C(=O)C12C(c1ccccc1)C(C=Cc1ccccc1)=NN2c1ccccc1. The molecule has 1 heterocycles. The van der Waals surface area contributed by atoms with Crippen LogP contribution in [0.25, 0.3) is 6.08 Å². The highest BCUT2D eigenvalue weighted by molar-refractivity contribution is 6.38. The molecule has 168 valence electrons. The summed E-state index contributed by atoms with van der Waals surface area (Å²) in [6.45, 7) is 0. The molecule has 1 spiro atoms. The van der Waals surface area contributed by atoms with E-state index in [0.29, 0.717) is 22.5 Å². The normalized spacial score (nSPS) is 18.3. The number of hydrazone groups is 1. The third-order valence-electron chi connectivity index (χ3n) is 6.75. The van der Waals surface area contributed by atoms with Gasteiger partial charge < -0.3 is 0 Å². The molecule has 4 nitrogen and oxygen atoms in total. The minimum Gasteiger partial charge on any atom is -0.291 e. The van der Waals surface area contributed by atoms with Crippen molar-refractivity contribution in [3.05, 3.63) is 144 Å². The highest BCUT2D eigenvalue weighted by Crippen LogP contribution is 2.50. The lowest BCUT2D eigenvalue weighted by atomic mass is 9.73. The van der Waals surface area contributed by atoms with Gasteiger partial charge in [-0.15, -0.1) is 0 Å². The fourth-order valence-corrected chi connectivity index (χ4v) is 5.20. The van der Waals surface area contributed by atoms with Gasteiger partial charge in [0.25, 0.3) is 0 Å². The molecule has 1 aliphatic heterocycles. The summed E-state index contributed by atoms with van der Waals surface area (Å²) in [4.78, 5) is 28.5. The van der Waals surface area contributed by atoms with E-state index in [0.717, 1.165) is 11.1 Å². The molecule has 0 aromatic heterocycles. The van der Waals surface area contributed by atoms with Crippen LogP contribution < -0.4 is 5.01 Å². The molecular formula is C31H22N2O2. The van der Waals surface area contributed by atoms with Crippen LogP contribution in [0.5, 0.6) is 0 Å². The van der Waals surface area contributed by atoms with Crippen molar-refractivity contribution in [1.82, 2.24) is 0 Å². The Balaban J connectivity index is 1.60. The predicted molar refractivity (Wildman–Crippen MR) is 139 cm³/mol. The monoisotopic (exact) mass is 454 g/mol. The van der Waals surface area contributed by atoms with Crippen molar-refractivity contribution in [2.75, 3.05) is 5.01 Å². The molecule has 1 aliphatic carbocycles. The molecule has 1 unspecified atom stereocenters. The van der Waals surface area contributed by atoms with Gasteiger partial charge in [-0.3, -0.25) is 9.59 Å². The second-order valence-corrected chi connectivity index (χ2v) is 8.73. The van der Waals surface area contributed by atoms with E-state index in [9.17, 15) is 9.59 Å². The first-order valence-electron chi connectivity index (χ1n) is 11.6. The van der Waals surface area contributed by atoms with Gasteiger partial charge in [0.1, 0.15) is 0 Å². The van der Waals surface area contributed by atoms with Gasteiger partial charge in [0.05, 0.1) is 17.3 Å². The zero-order chi connectivity index (χ0) is 23.8. The number of hydrogen-bond acceptors (Lipinski definition) is 4. The summed E-state index contributed by atoms with van der Waals surface area (Å²) in [5.74, 6) is -1.01. The summed E-state index contributed by atoms with van der Waals surface area (Å²) in [5, 5.41) is 6.62. The lowest BCUT2D eigenvalue weighted by Crippen LogP contribution is -2.56. The summed E-state index contributed by atoms with van der Waals surface area (Å²) in [6.07, 6.45) is 3.91. The second-order valence-electron chi connectivity index (χ2n) is 8.73. The number of rotatable bonds is 4. The number of anilines is 1. The Morgan fingerprint density at radius 3 is 1.74 bits per heavy atom. The van der Waals surface area contributed by atoms with Gasteiger partial charge in [0.15, 0.2) is 11.6 Å². The molecule has 0 radical (unpaired) electrons. The standard InChI is InChI=1S/C31H22N2O2/c34-29-25-18-10-11-19-26(25)30(35)31(29)28(23-14-6-2-7-15-23)27(21-20-22-12-4-1-5-13-22)32-33(31)24-16-8-3-9-17-24/h1-21,28H. The summed E-state index contributed by atoms with van der Waals surface area (Å²) < 4.78 is 0. The van der Waals surface area contributed by atoms with Crippen LogP contribution in [0, 0.1) is 0 Å². The first-order chi connectivity index (χ1) is 17.2. The Bertz CT molecular complexity index is 1440. The number of ketones is 2. The number of nitrogens with zero attached hydrogens (tertiary/aromatic N) is 2. The van der Waals surface area contributed by atoms with Crippen molar-refractivity contribution in [2.24, 2.45) is 5.10 Å². The Labute approximate surface area is 203 Å². The molecule has 0 bridgehead atoms. The van der Waals surface area contributed by atoms with Crippen molar-refractivity contribution in [2.45, 2.75) is 11.5 Å². The van der Waals surface area contributed by atoms with E-state index in [2.05, 4.69) is 0 Å². The van der Waals surface area contributed by atoms with Crippen LogP contribution in [0.1, 0.15) is 37.8 Å². The molecule has 0 amide bonds. The second kappa shape index (κ2) is 8.33. The molecule has 2 aliphatic rings. The van der Waals surface area contributed by atoms with Crippen molar-refractivity contribution in [3.8, 4) is 0 Å². The minimum atomic E-state index is -1.53. The number of fused-ring (bicyclic) bond motifs is 1. The van der Waals surface area contributed by atoms with E-state index in [1.807, 2.05) is 103 Å². The van der Waals surface area contributed by atoms with Crippen molar-refractivity contribution in [3.63, 3.8) is 0 Å². The molecule has 4 heteroatoms. The Morgan fingerprint density at radius 1 is 0.629 bits per heavy atom. The smallest absolute Gasteiger partial charge is 0.201 e. The lowest BCUT2D eigenvalue weighted by Gasteiger charge is -2.36. The van der Waals surface area contributed by atoms with E-state index in [1.54, 1.807) is 29.3 Å². The van der Waals surface area contributed by atoms with Crippen LogP contribution in [-0.2, 0) is 0 Å². The number of para-hydroxylation sites is 1. The van der Waals surface area contributed by atoms with Crippen LogP contribution in [0.3, 0.4) is 0 Å². The fraction of sp³-hybridized carbons (Fsp3) is 0.0645. The van der Waals surface area contributed by atoms with E-state index >= 15 is 0 Å². The number of carbonyl (C=O) groups is 2. The van der Waals surface area contributed by atoms with Crippen LogP contribution in [-0.4, -0.2) is 22.8 Å². The number of allylic oxidation sites excluding steroid dienone is 1. The fourth-order valence-electron chi connectivity index (χ4n) is 5.20. The topological polar surface area (TPSA) is 49.7 Å². The molecule has 1 atom stereocenters. The van der Waals surface area contributed by atoms with E-state index in [1.165, 1.54) is 0 Å². The zero-order valence-corrected chi connectivity index (χ0v) is 18.9. The molecule has 4 aromatic carbocycles. The van der Waals surface area contributed by atoms with E-state index in [-0.39, 0.29) is 11.6 Å². The van der Waals surface area contributed by atoms with Gasteiger partial charge in [0.2, 0.25) is 5.54 Å². The first-order valence-corrected chi connectivity index (χ1v) is 11.6. The maximum atomic E-state index is 14.3. The van der Waals surface area contributed by atoms with Crippen molar-refractivity contribution < 1.29 is 9.59 Å². The van der Waals surface area contributed by atoms with Gasteiger partial charge in [-0.25, -0.2) is 5.01 Å². The number of benzene rings is 4. The molecule has 0 saturated heterocycles. The minimum absolute atomic E-state index is 0.220. The predicted octanol–water partition coefficient (Wildman–Crippen LogP) is 6.18. The highest BCUT2D eigenvalue weighted by atomic mass is 16.2. The Morgan fingerprint density at radius 2 is 1.14 bits per heavy atom. The number of hydrogen-bond donors (Lipinski definition) is 0. The maximum absolute atomic E-state index is 14.3. The van der Waals surface area contributed by atoms with Crippen LogP contribution in [0.15, 0.2) is 126 Å². The largest absolute Gasteiger partial charge is 0.291 e. The molecule has 0 saturated carbocycles. The summed E-state index contributed by atoms with van der Waals surface area (Å²) >= 11 is 0. The van der Waals surface area contributed by atoms with Gasteiger partial charge in [-0.05, 0) is 29.3 Å². The van der Waals surface area contributed by atoms with Gasteiger partial charge in [-0.2, -0.15) is 5.10 Å². The molecule has 6 rings (SSSR count). The van der Waals surface area contributed by atoms with Crippen LogP contribution >= 0.6 is 0 Å². The van der Waals surface area contributed by atoms with Crippen LogP contribution in [0.4, 0.5) is 5.69 Å². The van der Waals surface area contributed by atoms with Crippen LogP contribution in [0.2, 0.25) is 0 Å². The van der Waals surface area contributed by atoms with E-state index in [4.69, 9.17) is 5.10 Å². The highest BCUT2D eigenvalue weighted by Gasteiger charge is 2.66. The van der Waals surface area contributed by atoms with Crippen molar-refractivity contribution >= 4 is 29.0 Å². The maximum Gasteiger partial charge on any atom is 0.201 e. The Kier molecular flexibility index (Phi) is 5.00. The molecule has 0 fully saturated rings. The van der Waals surface area contributed by atoms with Crippen molar-refractivity contribution in [1.29, 1.82) is 0 Å². The molecular weight excluding hydrogens is 432 g/mol. The van der Waals surface area contributed by atoms with Gasteiger partial charge in [-0.1, -0.05) is 109 Å². The number of carbonyl (C=O) groups excluding carboxylic acids is 2. The lowest BCUT2D eigenvalue weighted by molar-refractivity contribution is 0.0791. The molecule has 35 heavy (non-hydrogen) atoms. The van der Waals surface area contributed by atoms with Gasteiger partial charge in [0, 0.05) is 11.1 Å². The summed E-state index contributed by atoms with van der Waals surface area (Å²) in [6, 6.07) is 36.3. The summed E-state index contributed by atoms with van der Waals surface area (Å²) in [7, 11) is 0. The zero-order valence-electron chi connectivity index (χ0n) is 18.9. The average Bonchev–Trinajstić information content (AvgIpc) is 3.38. The van der Waals surface area contributed by atoms with Gasteiger partial charge >= 0.3 is 0 Å². The van der Waals surface area contributed by atoms with E-state index < -0.39 is 11.5 Å². The quantitative estimate of drug-likeness (QED) is 0.346. The summed E-state index contributed by atoms with van der Waals surface area (Å²) in [5.41, 5.74) is 2.62. The first kappa shape index (κ1) is 21.0. The third-order valence-corrected chi connectivity index (χ3v) is 6.75. The Hall–Kier alpha value is -4.57. The molecule has 0 N–H and O–H groups in total. The number of Topliss-reactive ketones (excluding diaryl/α,β-unsaturated/α-hetero) is 2.